The van der Waals surface area contributed by atoms with E-state index in [1.165, 1.54) is 0 Å². The van der Waals surface area contributed by atoms with Gasteiger partial charge in [0, 0.05) is 41.5 Å². The molecule has 15 heteroatoms. The molecule has 2 N–H and O–H groups in total. The molecular formula is C21H29NO14. The topological polar surface area (TPSA) is 207 Å². The lowest BCUT2D eigenvalue weighted by Crippen LogP contribution is -2.69. The van der Waals surface area contributed by atoms with E-state index in [9.17, 15) is 38.7 Å². The van der Waals surface area contributed by atoms with E-state index in [1.54, 1.807) is 0 Å². The standard InChI is InChI=1S/C21H29NO14/c1-9(23)22-17-15(32-11(3)25)7-21(20(29)30,35-14(6)28)36-19(17)18(34-13(5)27)16(33-12(4)26)8-31-10(2)24/h15-19H,7-8H2,1-6H3,(H,22,23)(H,29,30)/t15-,16?,17+,18?,19?,21-/m0/s1. The van der Waals surface area contributed by atoms with Crippen LogP contribution in [0, 0.1) is 0 Å². The third kappa shape index (κ3) is 8.79. The van der Waals surface area contributed by atoms with Gasteiger partial charge in [-0.05, 0) is 0 Å². The maximum absolute atomic E-state index is 12.2. The Kier molecular flexibility index (Phi) is 10.8. The molecule has 0 spiro atoms. The maximum atomic E-state index is 12.2. The summed E-state index contributed by atoms with van der Waals surface area (Å²) in [6.07, 6.45) is -7.37. The third-order valence-corrected chi connectivity index (χ3v) is 4.63. The number of amides is 1. The van der Waals surface area contributed by atoms with Crippen LogP contribution in [0.2, 0.25) is 0 Å². The summed E-state index contributed by atoms with van der Waals surface area (Å²) in [7, 11) is 0. The molecule has 202 valence electrons. The van der Waals surface area contributed by atoms with E-state index in [2.05, 4.69) is 5.32 Å². The highest BCUT2D eigenvalue weighted by molar-refractivity contribution is 5.80. The molecule has 1 saturated heterocycles. The second kappa shape index (κ2) is 12.8. The van der Waals surface area contributed by atoms with Crippen LogP contribution >= 0.6 is 0 Å². The highest BCUT2D eigenvalue weighted by atomic mass is 16.7. The number of carbonyl (C=O) groups excluding carboxylic acids is 6. The van der Waals surface area contributed by atoms with Gasteiger partial charge in [-0.2, -0.15) is 0 Å². The Labute approximate surface area is 205 Å². The summed E-state index contributed by atoms with van der Waals surface area (Å²) >= 11 is 0. The molecule has 0 aromatic heterocycles. The predicted octanol–water partition coefficient (Wildman–Crippen LogP) is -1.02. The fourth-order valence-electron chi connectivity index (χ4n) is 3.59. The van der Waals surface area contributed by atoms with Gasteiger partial charge in [0.05, 0.1) is 12.5 Å². The van der Waals surface area contributed by atoms with Crippen molar-refractivity contribution in [3.8, 4) is 0 Å². The minimum absolute atomic E-state index is 0.675. The van der Waals surface area contributed by atoms with Gasteiger partial charge >= 0.3 is 41.6 Å². The van der Waals surface area contributed by atoms with Crippen LogP contribution in [0.3, 0.4) is 0 Å². The molecule has 1 fully saturated rings. The van der Waals surface area contributed by atoms with Gasteiger partial charge in [0.2, 0.25) is 5.91 Å². The molecule has 15 nitrogen and oxygen atoms in total. The molecule has 0 aromatic rings. The van der Waals surface area contributed by atoms with E-state index in [4.69, 9.17) is 28.4 Å². The van der Waals surface area contributed by atoms with Crippen molar-refractivity contribution in [2.75, 3.05) is 6.61 Å². The lowest BCUT2D eigenvalue weighted by molar-refractivity contribution is -0.303. The van der Waals surface area contributed by atoms with Crippen molar-refractivity contribution in [3.05, 3.63) is 0 Å². The second-order valence-electron chi connectivity index (χ2n) is 7.84. The van der Waals surface area contributed by atoms with Crippen molar-refractivity contribution >= 4 is 41.7 Å². The summed E-state index contributed by atoms with van der Waals surface area (Å²) in [4.78, 5) is 83.0. The highest BCUT2D eigenvalue weighted by Crippen LogP contribution is 2.36. The van der Waals surface area contributed by atoms with E-state index >= 15 is 0 Å². The van der Waals surface area contributed by atoms with Gasteiger partial charge in [-0.25, -0.2) is 4.79 Å². The third-order valence-electron chi connectivity index (χ3n) is 4.63. The normalized spacial score (nSPS) is 24.8. The minimum atomic E-state index is -2.77. The number of ether oxygens (including phenoxy) is 6. The molecule has 0 saturated carbocycles. The summed E-state index contributed by atoms with van der Waals surface area (Å²) in [6.45, 7) is 5.35. The molecule has 1 rings (SSSR count). The van der Waals surface area contributed by atoms with Crippen LogP contribution in [0.15, 0.2) is 0 Å². The van der Waals surface area contributed by atoms with Crippen LogP contribution in [0.5, 0.6) is 0 Å². The van der Waals surface area contributed by atoms with Crippen LogP contribution in [0.25, 0.3) is 0 Å². The summed E-state index contributed by atoms with van der Waals surface area (Å²) in [5.41, 5.74) is 0. The largest absolute Gasteiger partial charge is 0.476 e. The quantitative estimate of drug-likeness (QED) is 0.262. The number of esters is 5. The monoisotopic (exact) mass is 519 g/mol. The number of carboxylic acids is 1. The zero-order valence-corrected chi connectivity index (χ0v) is 20.6. The molecule has 1 amide bonds. The molecule has 1 heterocycles. The first-order chi connectivity index (χ1) is 16.6. The van der Waals surface area contributed by atoms with Crippen LogP contribution in [-0.2, 0) is 62.0 Å². The smallest absolute Gasteiger partial charge is 0.377 e. The Balaban J connectivity index is 3.78. The van der Waals surface area contributed by atoms with Gasteiger partial charge < -0.3 is 38.8 Å². The number of hydrogen-bond donors (Lipinski definition) is 2. The molecule has 36 heavy (non-hydrogen) atoms. The molecule has 1 aliphatic heterocycles. The highest BCUT2D eigenvalue weighted by Gasteiger charge is 2.60. The predicted molar refractivity (Wildman–Crippen MR) is 113 cm³/mol. The zero-order chi connectivity index (χ0) is 27.8. The molecule has 0 bridgehead atoms. The number of carboxylic acid groups (broad SMARTS) is 1. The van der Waals surface area contributed by atoms with E-state index < -0.39 is 91.0 Å². The molecule has 0 radical (unpaired) electrons. The molecule has 0 aliphatic carbocycles. The first kappa shape index (κ1) is 30.3. The molecule has 1 aliphatic rings. The number of rotatable bonds is 10. The SMILES string of the molecule is CC(=O)N[C@H]1C(C(OC(C)=O)C(COC(C)=O)OC(C)=O)O[C@](OC(C)=O)(C(=O)O)C[C@@H]1OC(C)=O. The summed E-state index contributed by atoms with van der Waals surface area (Å²) in [6, 6.07) is -1.41. The van der Waals surface area contributed by atoms with Crippen molar-refractivity contribution < 1.29 is 67.1 Å². The number of aliphatic carboxylic acids is 1. The number of carbonyl (C=O) groups is 7. The van der Waals surface area contributed by atoms with E-state index in [0.717, 1.165) is 41.5 Å². The van der Waals surface area contributed by atoms with Gasteiger partial charge in [0.1, 0.15) is 18.8 Å². The summed E-state index contributed by atoms with van der Waals surface area (Å²) in [5.74, 6) is -9.92. The first-order valence-corrected chi connectivity index (χ1v) is 10.6. The zero-order valence-electron chi connectivity index (χ0n) is 20.6. The van der Waals surface area contributed by atoms with Crippen LogP contribution in [0.4, 0.5) is 0 Å². The van der Waals surface area contributed by atoms with Gasteiger partial charge in [-0.15, -0.1) is 0 Å². The Bertz CT molecular complexity index is 901. The van der Waals surface area contributed by atoms with Crippen LogP contribution < -0.4 is 5.32 Å². The molecule has 3 unspecified atom stereocenters. The van der Waals surface area contributed by atoms with E-state index in [0.29, 0.717) is 0 Å². The maximum Gasteiger partial charge on any atom is 0.377 e. The summed E-state index contributed by atoms with van der Waals surface area (Å²) < 4.78 is 31.1. The van der Waals surface area contributed by atoms with Gasteiger partial charge in [-0.1, -0.05) is 0 Å². The van der Waals surface area contributed by atoms with Crippen molar-refractivity contribution in [3.63, 3.8) is 0 Å². The van der Waals surface area contributed by atoms with Crippen LogP contribution in [0.1, 0.15) is 48.0 Å². The molecule has 6 atom stereocenters. The summed E-state index contributed by atoms with van der Waals surface area (Å²) in [5, 5.41) is 12.3. The first-order valence-electron chi connectivity index (χ1n) is 10.6. The van der Waals surface area contributed by atoms with Crippen molar-refractivity contribution in [1.29, 1.82) is 0 Å². The average molecular weight is 519 g/mol. The Morgan fingerprint density at radius 1 is 0.889 bits per heavy atom. The number of hydrogen-bond acceptors (Lipinski definition) is 13. The van der Waals surface area contributed by atoms with Crippen molar-refractivity contribution in [2.24, 2.45) is 0 Å². The molecular weight excluding hydrogens is 490 g/mol. The number of nitrogens with one attached hydrogen (secondary N) is 1. The minimum Gasteiger partial charge on any atom is -0.476 e. The van der Waals surface area contributed by atoms with E-state index in [-0.39, 0.29) is 0 Å². The van der Waals surface area contributed by atoms with Gasteiger partial charge in [0.25, 0.3) is 0 Å². The van der Waals surface area contributed by atoms with Crippen LogP contribution in [-0.4, -0.2) is 89.7 Å². The lowest BCUT2D eigenvalue weighted by Gasteiger charge is -2.47. The second-order valence-corrected chi connectivity index (χ2v) is 7.84. The Morgan fingerprint density at radius 3 is 1.89 bits per heavy atom. The van der Waals surface area contributed by atoms with E-state index in [1.807, 2.05) is 0 Å². The fourth-order valence-corrected chi connectivity index (χ4v) is 3.59. The lowest BCUT2D eigenvalue weighted by atomic mass is 9.88. The van der Waals surface area contributed by atoms with Gasteiger partial charge in [0.15, 0.2) is 12.2 Å². The van der Waals surface area contributed by atoms with Crippen molar-refractivity contribution in [1.82, 2.24) is 5.32 Å². The Hall–Kier alpha value is -3.75. The van der Waals surface area contributed by atoms with Crippen molar-refractivity contribution in [2.45, 2.75) is 84.2 Å². The average Bonchev–Trinajstić information content (AvgIpc) is 2.69. The van der Waals surface area contributed by atoms with Gasteiger partial charge in [-0.3, -0.25) is 28.8 Å². The Morgan fingerprint density at radius 2 is 1.47 bits per heavy atom. The fraction of sp³-hybridized carbons (Fsp3) is 0.667. The molecule has 0 aromatic carbocycles.